The van der Waals surface area contributed by atoms with Crippen LogP contribution in [-0.2, 0) is 28.3 Å². The van der Waals surface area contributed by atoms with E-state index in [1.165, 1.54) is 23.9 Å². The van der Waals surface area contributed by atoms with Crippen LogP contribution in [0.5, 0.6) is 0 Å². The lowest BCUT2D eigenvalue weighted by Crippen LogP contribution is -2.51. The summed E-state index contributed by atoms with van der Waals surface area (Å²) in [5.74, 6) is 0.457. The Hall–Kier alpha value is -3.65. The number of nitro groups is 1. The molecule has 0 fully saturated rings. The molecule has 3 rings (SSSR count). The van der Waals surface area contributed by atoms with Gasteiger partial charge in [0.15, 0.2) is 0 Å². The molecule has 0 unspecified atom stereocenters. The number of non-ortho nitro benzene ring substituents is 1. The maximum atomic E-state index is 13.7. The van der Waals surface area contributed by atoms with E-state index in [9.17, 15) is 19.7 Å². The number of nitro benzene ring substituents is 1. The highest BCUT2D eigenvalue weighted by atomic mass is 32.2. The first-order valence-electron chi connectivity index (χ1n) is 12.8. The minimum absolute atomic E-state index is 0.0389. The molecule has 0 heterocycles. The maximum absolute atomic E-state index is 13.7. The summed E-state index contributed by atoms with van der Waals surface area (Å²) >= 11 is 1.43. The monoisotopic (exact) mass is 533 g/mol. The maximum Gasteiger partial charge on any atom is 0.269 e. The Kier molecular flexibility index (Phi) is 11.4. The van der Waals surface area contributed by atoms with E-state index in [1.54, 1.807) is 17.0 Å². The number of benzene rings is 3. The summed E-state index contributed by atoms with van der Waals surface area (Å²) in [5.41, 5.74) is 3.99. The van der Waals surface area contributed by atoms with Crippen LogP contribution in [0.2, 0.25) is 0 Å². The van der Waals surface area contributed by atoms with Gasteiger partial charge in [-0.25, -0.2) is 0 Å². The number of hydrogen-bond donors (Lipinski definition) is 1. The second-order valence-corrected chi connectivity index (χ2v) is 10.3. The van der Waals surface area contributed by atoms with Crippen molar-refractivity contribution in [2.75, 3.05) is 12.3 Å². The summed E-state index contributed by atoms with van der Waals surface area (Å²) in [6.07, 6.45) is 2.26. The first-order valence-corrected chi connectivity index (χ1v) is 14.0. The van der Waals surface area contributed by atoms with Gasteiger partial charge in [0.1, 0.15) is 6.04 Å². The molecule has 1 atom stereocenters. The normalized spacial score (nSPS) is 11.5. The lowest BCUT2D eigenvalue weighted by Gasteiger charge is -2.31. The van der Waals surface area contributed by atoms with Gasteiger partial charge in [-0.2, -0.15) is 0 Å². The minimum atomic E-state index is -0.651. The first-order chi connectivity index (χ1) is 18.4. The third kappa shape index (κ3) is 9.03. The van der Waals surface area contributed by atoms with Gasteiger partial charge in [0.25, 0.3) is 5.69 Å². The topological polar surface area (TPSA) is 92.6 Å². The predicted octanol–water partition coefficient (Wildman–Crippen LogP) is 5.69. The number of unbranched alkanes of at least 4 members (excludes halogenated alkanes) is 1. The Morgan fingerprint density at radius 1 is 0.974 bits per heavy atom. The van der Waals surface area contributed by atoms with Gasteiger partial charge in [0.2, 0.25) is 11.8 Å². The lowest BCUT2D eigenvalue weighted by molar-refractivity contribution is -0.384. The number of nitrogens with zero attached hydrogens (tertiary/aromatic N) is 2. The number of aryl methyl sites for hydroxylation is 1. The molecule has 3 aromatic carbocycles. The number of hydrogen-bond acceptors (Lipinski definition) is 5. The number of carbonyl (C=O) groups excluding carboxylic acids is 2. The van der Waals surface area contributed by atoms with Crippen LogP contribution in [0.3, 0.4) is 0 Å². The van der Waals surface area contributed by atoms with E-state index in [0.29, 0.717) is 25.3 Å². The molecule has 38 heavy (non-hydrogen) atoms. The van der Waals surface area contributed by atoms with E-state index < -0.39 is 11.0 Å². The van der Waals surface area contributed by atoms with Crippen LogP contribution in [-0.4, -0.2) is 40.0 Å². The molecule has 0 aliphatic heterocycles. The van der Waals surface area contributed by atoms with Crippen molar-refractivity contribution in [3.8, 4) is 0 Å². The minimum Gasteiger partial charge on any atom is -0.354 e. The van der Waals surface area contributed by atoms with E-state index >= 15 is 0 Å². The van der Waals surface area contributed by atoms with Crippen LogP contribution in [0.1, 0.15) is 42.0 Å². The molecule has 0 aliphatic rings. The fourth-order valence-electron chi connectivity index (χ4n) is 4.12. The summed E-state index contributed by atoms with van der Waals surface area (Å²) in [7, 11) is 0. The highest BCUT2D eigenvalue weighted by molar-refractivity contribution is 7.99. The highest BCUT2D eigenvalue weighted by Gasteiger charge is 2.30. The Morgan fingerprint density at radius 3 is 2.34 bits per heavy atom. The number of thioether (sulfide) groups is 1. The number of carbonyl (C=O) groups is 2. The van der Waals surface area contributed by atoms with Crippen molar-refractivity contribution in [1.82, 2.24) is 10.2 Å². The fourth-order valence-corrected chi connectivity index (χ4v) is 4.99. The second kappa shape index (κ2) is 14.9. The first kappa shape index (κ1) is 28.9. The molecule has 3 aromatic rings. The van der Waals surface area contributed by atoms with Crippen molar-refractivity contribution in [2.45, 2.75) is 51.4 Å². The summed E-state index contributed by atoms with van der Waals surface area (Å²) in [6, 6.07) is 23.5. The van der Waals surface area contributed by atoms with E-state index in [-0.39, 0.29) is 23.3 Å². The molecular weight excluding hydrogens is 498 g/mol. The van der Waals surface area contributed by atoms with E-state index in [2.05, 4.69) is 12.2 Å². The SMILES string of the molecule is CCCCNC(=O)[C@@H](Cc1ccccc1)N(Cc1cccc(C)c1)C(=O)CSCc1ccc([N+](=O)[O-])cc1. The van der Waals surface area contributed by atoms with Gasteiger partial charge in [-0.3, -0.25) is 19.7 Å². The average molecular weight is 534 g/mol. The predicted molar refractivity (Wildman–Crippen MR) is 153 cm³/mol. The molecule has 0 bridgehead atoms. The van der Waals surface area contributed by atoms with Gasteiger partial charge in [-0.15, -0.1) is 11.8 Å². The second-order valence-electron chi connectivity index (χ2n) is 9.28. The summed E-state index contributed by atoms with van der Waals surface area (Å²) in [6.45, 7) is 4.98. The van der Waals surface area contributed by atoms with Crippen molar-refractivity contribution in [3.05, 3.63) is 111 Å². The molecule has 0 saturated heterocycles. The smallest absolute Gasteiger partial charge is 0.269 e. The van der Waals surface area contributed by atoms with Gasteiger partial charge in [0.05, 0.1) is 10.7 Å². The summed E-state index contributed by atoms with van der Waals surface area (Å²) in [5, 5.41) is 13.9. The van der Waals surface area contributed by atoms with Gasteiger partial charge in [-0.1, -0.05) is 85.6 Å². The van der Waals surface area contributed by atoms with Crippen molar-refractivity contribution in [3.63, 3.8) is 0 Å². The number of amides is 2. The molecule has 8 heteroatoms. The molecule has 0 saturated carbocycles. The van der Waals surface area contributed by atoms with Gasteiger partial charge in [-0.05, 0) is 30.0 Å². The third-order valence-electron chi connectivity index (χ3n) is 6.18. The van der Waals surface area contributed by atoms with Crippen LogP contribution in [0.4, 0.5) is 5.69 Å². The molecule has 200 valence electrons. The van der Waals surface area contributed by atoms with E-state index in [1.807, 2.05) is 61.5 Å². The summed E-state index contributed by atoms with van der Waals surface area (Å²) < 4.78 is 0. The van der Waals surface area contributed by atoms with Crippen LogP contribution in [0.15, 0.2) is 78.9 Å². The van der Waals surface area contributed by atoms with E-state index in [0.717, 1.165) is 35.1 Å². The molecule has 0 aromatic heterocycles. The van der Waals surface area contributed by atoms with Gasteiger partial charge < -0.3 is 10.2 Å². The van der Waals surface area contributed by atoms with Gasteiger partial charge >= 0.3 is 0 Å². The fraction of sp³-hybridized carbons (Fsp3) is 0.333. The molecule has 0 aliphatic carbocycles. The lowest BCUT2D eigenvalue weighted by atomic mass is 10.0. The zero-order chi connectivity index (χ0) is 27.3. The quantitative estimate of drug-likeness (QED) is 0.163. The molecule has 0 spiro atoms. The molecule has 2 amide bonds. The molecule has 7 nitrogen and oxygen atoms in total. The highest BCUT2D eigenvalue weighted by Crippen LogP contribution is 2.20. The van der Waals surface area contributed by atoms with Crippen LogP contribution in [0, 0.1) is 17.0 Å². The van der Waals surface area contributed by atoms with Crippen LogP contribution in [0.25, 0.3) is 0 Å². The standard InChI is InChI=1S/C30H35N3O4S/c1-3-4-17-31-30(35)28(19-24-10-6-5-7-11-24)32(20-26-12-8-9-23(2)18-26)29(34)22-38-21-25-13-15-27(16-14-25)33(36)37/h5-16,18,28H,3-4,17,19-22H2,1-2H3,(H,31,35)/t28-/m1/s1. The largest absolute Gasteiger partial charge is 0.354 e. The third-order valence-corrected chi connectivity index (χ3v) is 7.17. The van der Waals surface area contributed by atoms with Gasteiger partial charge in [0, 0.05) is 37.4 Å². The Labute approximate surface area is 228 Å². The number of nitrogens with one attached hydrogen (secondary N) is 1. The van der Waals surface area contributed by atoms with Crippen LogP contribution < -0.4 is 5.32 Å². The van der Waals surface area contributed by atoms with E-state index in [4.69, 9.17) is 0 Å². The average Bonchev–Trinajstić information content (AvgIpc) is 2.91. The number of rotatable bonds is 14. The Bertz CT molecular complexity index is 1200. The van der Waals surface area contributed by atoms with Crippen LogP contribution >= 0.6 is 11.8 Å². The Morgan fingerprint density at radius 2 is 1.68 bits per heavy atom. The van der Waals surface area contributed by atoms with Crippen molar-refractivity contribution < 1.29 is 14.5 Å². The molecule has 1 N–H and O–H groups in total. The zero-order valence-electron chi connectivity index (χ0n) is 22.0. The zero-order valence-corrected chi connectivity index (χ0v) is 22.8. The Balaban J connectivity index is 1.80. The summed E-state index contributed by atoms with van der Waals surface area (Å²) in [4.78, 5) is 39.3. The molecular formula is C30H35N3O4S. The molecule has 0 radical (unpaired) electrons. The van der Waals surface area contributed by atoms with Crippen molar-refractivity contribution in [1.29, 1.82) is 0 Å². The van der Waals surface area contributed by atoms with Crippen molar-refractivity contribution in [2.24, 2.45) is 0 Å². The van der Waals surface area contributed by atoms with Crippen molar-refractivity contribution >= 4 is 29.3 Å².